The molecular formula is C28H30FN7O. The molecule has 1 atom stereocenters. The summed E-state index contributed by atoms with van der Waals surface area (Å²) in [4.78, 5) is 32.4. The topological polar surface area (TPSA) is 98.8 Å². The fourth-order valence-corrected chi connectivity index (χ4v) is 5.37. The lowest BCUT2D eigenvalue weighted by atomic mass is 9.93. The summed E-state index contributed by atoms with van der Waals surface area (Å²) in [6.45, 7) is 3.22. The first kappa shape index (κ1) is 23.5. The van der Waals surface area contributed by atoms with E-state index in [0.29, 0.717) is 36.1 Å². The van der Waals surface area contributed by atoms with E-state index in [2.05, 4.69) is 25.5 Å². The number of piperidine rings is 2. The summed E-state index contributed by atoms with van der Waals surface area (Å²) in [6.07, 6.45) is 3.69. The Labute approximate surface area is 214 Å². The minimum Gasteiger partial charge on any atom is -0.365 e. The van der Waals surface area contributed by atoms with Gasteiger partial charge in [-0.15, -0.1) is 0 Å². The smallest absolute Gasteiger partial charge is 0.263 e. The monoisotopic (exact) mass is 499 g/mol. The summed E-state index contributed by atoms with van der Waals surface area (Å²) in [5.74, 6) is 0.845. The third kappa shape index (κ3) is 5.04. The largest absolute Gasteiger partial charge is 0.365 e. The molecule has 0 saturated carbocycles. The van der Waals surface area contributed by atoms with Crippen LogP contribution in [0.5, 0.6) is 0 Å². The van der Waals surface area contributed by atoms with Crippen LogP contribution in [0, 0.1) is 5.95 Å². The molecule has 2 aliphatic heterocycles. The molecule has 8 nitrogen and oxygen atoms in total. The van der Waals surface area contributed by atoms with Crippen LogP contribution >= 0.6 is 0 Å². The van der Waals surface area contributed by atoms with Crippen LogP contribution < -0.4 is 21.1 Å². The lowest BCUT2D eigenvalue weighted by Crippen LogP contribution is -2.40. The molecule has 37 heavy (non-hydrogen) atoms. The molecular weight excluding hydrogens is 469 g/mol. The van der Waals surface area contributed by atoms with E-state index < -0.39 is 5.95 Å². The second-order valence-corrected chi connectivity index (χ2v) is 9.84. The van der Waals surface area contributed by atoms with Crippen molar-refractivity contribution in [3.8, 4) is 11.3 Å². The van der Waals surface area contributed by atoms with Crippen molar-refractivity contribution >= 4 is 22.7 Å². The number of rotatable bonds is 5. The van der Waals surface area contributed by atoms with Crippen molar-refractivity contribution in [3.63, 3.8) is 0 Å². The van der Waals surface area contributed by atoms with E-state index in [9.17, 15) is 9.18 Å². The molecule has 0 amide bonds. The number of hydrogen-bond donors (Lipinski definition) is 3. The van der Waals surface area contributed by atoms with Gasteiger partial charge in [-0.25, -0.2) is 9.97 Å². The number of pyridine rings is 2. The molecule has 190 valence electrons. The van der Waals surface area contributed by atoms with Gasteiger partial charge in [0.2, 0.25) is 11.9 Å². The Morgan fingerprint density at radius 1 is 0.946 bits per heavy atom. The number of aromatic nitrogens is 4. The van der Waals surface area contributed by atoms with Crippen LogP contribution in [-0.4, -0.2) is 52.2 Å². The normalized spacial score (nSPS) is 18.7. The summed E-state index contributed by atoms with van der Waals surface area (Å²) >= 11 is 0. The van der Waals surface area contributed by atoms with E-state index in [-0.39, 0.29) is 17.5 Å². The van der Waals surface area contributed by atoms with Gasteiger partial charge in [-0.3, -0.25) is 9.78 Å². The number of anilines is 2. The first-order valence-corrected chi connectivity index (χ1v) is 13.0. The van der Waals surface area contributed by atoms with E-state index >= 15 is 0 Å². The summed E-state index contributed by atoms with van der Waals surface area (Å²) in [7, 11) is 0. The van der Waals surface area contributed by atoms with Crippen LogP contribution in [0.3, 0.4) is 0 Å². The van der Waals surface area contributed by atoms with Gasteiger partial charge >= 0.3 is 0 Å². The summed E-state index contributed by atoms with van der Waals surface area (Å²) in [5.41, 5.74) is 2.46. The van der Waals surface area contributed by atoms with Gasteiger partial charge in [-0.05, 0) is 56.5 Å². The minimum atomic E-state index is -0.447. The highest BCUT2D eigenvalue weighted by molar-refractivity contribution is 5.83. The minimum absolute atomic E-state index is 0.180. The SMILES string of the molecule is O=c1[nH]c(N2CCC(c3cccc(F)n3)CC2)nc(NC2CCCNC2)c1-c1ccc2ccccc2n1. The van der Waals surface area contributed by atoms with E-state index in [4.69, 9.17) is 9.97 Å². The highest BCUT2D eigenvalue weighted by atomic mass is 19.1. The van der Waals surface area contributed by atoms with Gasteiger partial charge in [0, 0.05) is 42.7 Å². The first-order chi connectivity index (χ1) is 18.1. The van der Waals surface area contributed by atoms with Crippen molar-refractivity contribution in [2.45, 2.75) is 37.6 Å². The van der Waals surface area contributed by atoms with Crippen molar-refractivity contribution in [1.29, 1.82) is 0 Å². The summed E-state index contributed by atoms with van der Waals surface area (Å²) in [6, 6.07) is 16.9. The summed E-state index contributed by atoms with van der Waals surface area (Å²) in [5, 5.41) is 7.99. The predicted octanol–water partition coefficient (Wildman–Crippen LogP) is 4.07. The molecule has 1 aromatic carbocycles. The second-order valence-electron chi connectivity index (χ2n) is 9.84. The Balaban J connectivity index is 1.32. The zero-order valence-electron chi connectivity index (χ0n) is 20.6. The number of aromatic amines is 1. The molecule has 2 aliphatic rings. The molecule has 0 spiro atoms. The molecule has 2 fully saturated rings. The fraction of sp³-hybridized carbons (Fsp3) is 0.357. The third-order valence-electron chi connectivity index (χ3n) is 7.35. The number of H-pyrrole nitrogens is 1. The average Bonchev–Trinajstić information content (AvgIpc) is 2.93. The van der Waals surface area contributed by atoms with Gasteiger partial charge in [0.05, 0.1) is 11.2 Å². The number of para-hydroxylation sites is 1. The number of nitrogens with zero attached hydrogens (tertiary/aromatic N) is 4. The Morgan fingerprint density at radius 2 is 1.81 bits per heavy atom. The van der Waals surface area contributed by atoms with E-state index in [1.54, 1.807) is 6.07 Å². The van der Waals surface area contributed by atoms with Gasteiger partial charge in [-0.1, -0.05) is 30.3 Å². The molecule has 0 radical (unpaired) electrons. The Hall–Kier alpha value is -3.85. The molecule has 3 N–H and O–H groups in total. The Morgan fingerprint density at radius 3 is 2.62 bits per heavy atom. The summed E-state index contributed by atoms with van der Waals surface area (Å²) < 4.78 is 13.6. The highest BCUT2D eigenvalue weighted by Crippen LogP contribution is 2.30. The maximum atomic E-state index is 13.6. The van der Waals surface area contributed by atoms with Crippen LogP contribution in [0.1, 0.15) is 37.3 Å². The Bertz CT molecular complexity index is 1460. The number of fused-ring (bicyclic) bond motifs is 1. The van der Waals surface area contributed by atoms with Crippen molar-refractivity contribution < 1.29 is 4.39 Å². The van der Waals surface area contributed by atoms with Crippen LogP contribution in [0.4, 0.5) is 16.2 Å². The lowest BCUT2D eigenvalue weighted by molar-refractivity contribution is 0.475. The molecule has 3 aromatic heterocycles. The van der Waals surface area contributed by atoms with E-state index in [0.717, 1.165) is 55.4 Å². The molecule has 5 heterocycles. The van der Waals surface area contributed by atoms with Gasteiger partial charge in [-0.2, -0.15) is 9.37 Å². The molecule has 6 rings (SSSR count). The van der Waals surface area contributed by atoms with Gasteiger partial charge < -0.3 is 15.5 Å². The molecule has 9 heteroatoms. The van der Waals surface area contributed by atoms with Crippen LogP contribution in [0.2, 0.25) is 0 Å². The molecule has 1 unspecified atom stereocenters. The highest BCUT2D eigenvalue weighted by Gasteiger charge is 2.26. The van der Waals surface area contributed by atoms with Crippen molar-refractivity contribution in [3.05, 3.63) is 76.6 Å². The van der Waals surface area contributed by atoms with Crippen molar-refractivity contribution in [1.82, 2.24) is 25.3 Å². The average molecular weight is 500 g/mol. The maximum absolute atomic E-state index is 13.6. The maximum Gasteiger partial charge on any atom is 0.263 e. The van der Waals surface area contributed by atoms with Crippen LogP contribution in [0.15, 0.2) is 59.4 Å². The lowest BCUT2D eigenvalue weighted by Gasteiger charge is -2.32. The van der Waals surface area contributed by atoms with Crippen LogP contribution in [-0.2, 0) is 0 Å². The molecule has 2 saturated heterocycles. The zero-order chi connectivity index (χ0) is 25.2. The predicted molar refractivity (Wildman–Crippen MR) is 143 cm³/mol. The number of hydrogen-bond acceptors (Lipinski definition) is 7. The third-order valence-corrected chi connectivity index (χ3v) is 7.35. The number of benzene rings is 1. The fourth-order valence-electron chi connectivity index (χ4n) is 5.37. The van der Waals surface area contributed by atoms with Gasteiger partial charge in [0.15, 0.2) is 0 Å². The number of halogens is 1. The van der Waals surface area contributed by atoms with Crippen molar-refractivity contribution in [2.24, 2.45) is 0 Å². The van der Waals surface area contributed by atoms with Crippen LogP contribution in [0.25, 0.3) is 22.2 Å². The first-order valence-electron chi connectivity index (χ1n) is 13.0. The number of nitrogens with one attached hydrogen (secondary N) is 3. The van der Waals surface area contributed by atoms with Gasteiger partial charge in [0.1, 0.15) is 11.4 Å². The molecule has 0 bridgehead atoms. The van der Waals surface area contributed by atoms with Gasteiger partial charge in [0.25, 0.3) is 5.56 Å². The molecule has 0 aliphatic carbocycles. The molecule has 4 aromatic rings. The quantitative estimate of drug-likeness (QED) is 0.356. The van der Waals surface area contributed by atoms with Crippen molar-refractivity contribution in [2.75, 3.05) is 36.4 Å². The zero-order valence-corrected chi connectivity index (χ0v) is 20.6. The second kappa shape index (κ2) is 10.3. The van der Waals surface area contributed by atoms with E-state index in [1.807, 2.05) is 42.5 Å². The van der Waals surface area contributed by atoms with E-state index in [1.165, 1.54) is 6.07 Å². The standard InChI is InChI=1S/C28H30FN7O/c29-24-9-3-8-22(33-24)19-12-15-36(16-13-19)28-34-26(31-20-6-4-14-30-17-20)25(27(37)35-28)23-11-10-18-5-1-2-7-21(18)32-23/h1-3,5,7-11,19-20,30H,4,6,12-17H2,(H2,31,34,35,37). The Kier molecular flexibility index (Phi) is 6.53.